The maximum absolute atomic E-state index is 17.7. The number of aliphatic hydroxyl groups is 1. The quantitative estimate of drug-likeness (QED) is 0.374. The number of Topliss-reactive ketones (excluding diaryl/α,β-unsaturated/α-hetero) is 1. The summed E-state index contributed by atoms with van der Waals surface area (Å²) in [7, 11) is 0. The number of carbonyl (C=O) groups excluding carboxylic acids is 3. The van der Waals surface area contributed by atoms with Gasteiger partial charge in [0.05, 0.1) is 17.8 Å². The van der Waals surface area contributed by atoms with Gasteiger partial charge in [-0.05, 0) is 67.4 Å². The summed E-state index contributed by atoms with van der Waals surface area (Å²) < 4.78 is 52.0. The zero-order chi connectivity index (χ0) is 33.2. The molecule has 4 fully saturated rings. The molecule has 1 saturated heterocycles. The number of ether oxygens (including phenoxy) is 3. The predicted molar refractivity (Wildman–Crippen MR) is 165 cm³/mol. The van der Waals surface area contributed by atoms with E-state index in [2.05, 4.69) is 11.9 Å². The van der Waals surface area contributed by atoms with E-state index in [0.717, 1.165) is 12.0 Å². The normalized spacial score (nSPS) is 40.7. The molecule has 3 saturated carbocycles. The van der Waals surface area contributed by atoms with Gasteiger partial charge >= 0.3 is 5.97 Å². The van der Waals surface area contributed by atoms with Crippen molar-refractivity contribution in [2.24, 2.45) is 22.7 Å². The van der Waals surface area contributed by atoms with Crippen molar-refractivity contribution in [3.63, 3.8) is 0 Å². The second kappa shape index (κ2) is 11.5. The molecule has 0 aromatic heterocycles. The zero-order valence-electron chi connectivity index (χ0n) is 26.8. The van der Waals surface area contributed by atoms with Gasteiger partial charge in [-0.25, -0.2) is 13.6 Å². The highest BCUT2D eigenvalue weighted by Gasteiger charge is 2.80. The number of esters is 1. The molecular weight excluding hydrogens is 596 g/mol. The number of hydrogen-bond donors (Lipinski definition) is 2. The summed E-state index contributed by atoms with van der Waals surface area (Å²) >= 11 is 0. The minimum atomic E-state index is -2.20. The van der Waals surface area contributed by atoms with Crippen molar-refractivity contribution in [2.45, 2.75) is 102 Å². The van der Waals surface area contributed by atoms with Crippen LogP contribution in [0.2, 0.25) is 0 Å². The zero-order valence-corrected chi connectivity index (χ0v) is 26.8. The fourth-order valence-electron chi connectivity index (χ4n) is 9.26. The van der Waals surface area contributed by atoms with Crippen LogP contribution in [0.4, 0.5) is 8.78 Å². The Morgan fingerprint density at radius 1 is 1.15 bits per heavy atom. The van der Waals surface area contributed by atoms with Crippen molar-refractivity contribution in [3.05, 3.63) is 71.3 Å². The van der Waals surface area contributed by atoms with Gasteiger partial charge in [0, 0.05) is 30.2 Å². The van der Waals surface area contributed by atoms with Crippen LogP contribution in [0.3, 0.4) is 0 Å². The molecule has 0 spiro atoms. The first-order valence-electron chi connectivity index (χ1n) is 16.2. The first-order valence-corrected chi connectivity index (χ1v) is 16.2. The van der Waals surface area contributed by atoms with Crippen LogP contribution in [-0.4, -0.2) is 65.3 Å². The number of alkyl halides is 2. The summed E-state index contributed by atoms with van der Waals surface area (Å²) in [6.07, 6.45) is 1.63. The van der Waals surface area contributed by atoms with Gasteiger partial charge in [0.1, 0.15) is 6.17 Å². The molecular formula is C36H43F2NO7. The lowest BCUT2D eigenvalue weighted by Gasteiger charge is -2.63. The van der Waals surface area contributed by atoms with Crippen LogP contribution in [0.1, 0.15) is 75.7 Å². The minimum absolute atomic E-state index is 0.118. The number of aliphatic hydroxyl groups excluding tert-OH is 1. The van der Waals surface area contributed by atoms with Crippen molar-refractivity contribution in [2.75, 3.05) is 6.61 Å². The van der Waals surface area contributed by atoms with Crippen molar-refractivity contribution < 1.29 is 42.5 Å². The minimum Gasteiger partial charge on any atom is -0.454 e. The predicted octanol–water partition coefficient (Wildman–Crippen LogP) is 5.24. The van der Waals surface area contributed by atoms with E-state index in [4.69, 9.17) is 14.2 Å². The van der Waals surface area contributed by atoms with E-state index in [1.54, 1.807) is 49.4 Å². The number of halogens is 2. The summed E-state index contributed by atoms with van der Waals surface area (Å²) in [5.41, 5.74) is -4.49. The Morgan fingerprint density at radius 2 is 1.87 bits per heavy atom. The van der Waals surface area contributed by atoms with Gasteiger partial charge in [-0.3, -0.25) is 9.59 Å². The molecule has 1 aromatic carbocycles. The Kier molecular flexibility index (Phi) is 8.17. The SMILES string of the molecule is C=C1C=C[C@@]2(C)C(=C1)[C@@H](F)C[C@H]1[C@@H]3C[C@H]4OC(CCC)O[C@@]4(C(=O)COC(=O)c4ccc(CNC(C)=O)cc4)[C@@]3(C)C[C@H](O)[C@@]12F. The van der Waals surface area contributed by atoms with Crippen LogP contribution in [0.25, 0.3) is 0 Å². The molecule has 4 aliphatic carbocycles. The van der Waals surface area contributed by atoms with Gasteiger partial charge in [-0.2, -0.15) is 0 Å². The standard InChI is InChI=1S/C36H43F2NO7/c1-6-7-31-45-30-16-24-25-15-27(37)26-14-20(2)12-13-33(26,4)35(25,38)28(41)17-34(24,5)36(30,46-31)29(42)19-44-32(43)23-10-8-22(9-11-23)18-39-21(3)40/h8-14,24-25,27-28,30-31,41H,2,6-7,15-19H2,1,3-5H3,(H,39,40)/t24-,25-,27-,28-,30+,31?,33-,34-,35-,36+/m0/s1. The van der Waals surface area contributed by atoms with Crippen molar-refractivity contribution in [1.29, 1.82) is 0 Å². The molecule has 1 amide bonds. The van der Waals surface area contributed by atoms with E-state index in [1.807, 2.05) is 13.8 Å². The second-order valence-corrected chi connectivity index (χ2v) is 14.1. The first kappa shape index (κ1) is 32.7. The molecule has 8 nitrogen and oxygen atoms in total. The van der Waals surface area contributed by atoms with E-state index in [0.29, 0.717) is 18.5 Å². The second-order valence-electron chi connectivity index (χ2n) is 14.1. The molecule has 0 radical (unpaired) electrons. The highest BCUT2D eigenvalue weighted by Crippen LogP contribution is 2.72. The molecule has 248 valence electrons. The van der Waals surface area contributed by atoms with Crippen molar-refractivity contribution >= 4 is 17.7 Å². The monoisotopic (exact) mass is 639 g/mol. The number of benzene rings is 1. The van der Waals surface area contributed by atoms with Crippen molar-refractivity contribution in [3.8, 4) is 0 Å². The molecule has 0 bridgehead atoms. The largest absolute Gasteiger partial charge is 0.454 e. The summed E-state index contributed by atoms with van der Waals surface area (Å²) in [4.78, 5) is 38.5. The third-order valence-electron chi connectivity index (χ3n) is 11.5. The number of allylic oxidation sites excluding steroid dienone is 5. The van der Waals surface area contributed by atoms with Crippen LogP contribution < -0.4 is 5.32 Å². The van der Waals surface area contributed by atoms with Gasteiger partial charge in [-0.1, -0.05) is 57.2 Å². The highest BCUT2D eigenvalue weighted by molar-refractivity contribution is 5.95. The average molecular weight is 640 g/mol. The maximum atomic E-state index is 17.7. The lowest BCUT2D eigenvalue weighted by atomic mass is 9.44. The highest BCUT2D eigenvalue weighted by atomic mass is 19.1. The van der Waals surface area contributed by atoms with E-state index in [-0.39, 0.29) is 36.3 Å². The molecule has 1 unspecified atom stereocenters. The molecule has 5 aliphatic rings. The topological polar surface area (TPSA) is 111 Å². The van der Waals surface area contributed by atoms with E-state index >= 15 is 8.78 Å². The van der Waals surface area contributed by atoms with E-state index in [9.17, 15) is 19.5 Å². The number of rotatable bonds is 8. The summed E-state index contributed by atoms with van der Waals surface area (Å²) in [6.45, 7) is 10.4. The molecule has 46 heavy (non-hydrogen) atoms. The van der Waals surface area contributed by atoms with Crippen LogP contribution in [0.15, 0.2) is 60.2 Å². The van der Waals surface area contributed by atoms with Gasteiger partial charge in [0.25, 0.3) is 0 Å². The third-order valence-corrected chi connectivity index (χ3v) is 11.5. The number of hydrogen-bond acceptors (Lipinski definition) is 7. The van der Waals surface area contributed by atoms with Gasteiger partial charge < -0.3 is 24.6 Å². The summed E-state index contributed by atoms with van der Waals surface area (Å²) in [6, 6.07) is 6.47. The van der Waals surface area contributed by atoms with E-state index in [1.165, 1.54) is 6.92 Å². The lowest BCUT2D eigenvalue weighted by Crippen LogP contribution is -2.70. The first-order chi connectivity index (χ1) is 21.7. The van der Waals surface area contributed by atoms with Gasteiger partial charge in [-0.15, -0.1) is 0 Å². The molecule has 6 rings (SSSR count). The lowest BCUT2D eigenvalue weighted by molar-refractivity contribution is -0.234. The summed E-state index contributed by atoms with van der Waals surface area (Å²) in [5.74, 6) is -2.90. The molecule has 2 N–H and O–H groups in total. The molecule has 10 atom stereocenters. The Hall–Kier alpha value is -3.21. The van der Waals surface area contributed by atoms with E-state index < -0.39 is 77.0 Å². The number of nitrogens with one attached hydrogen (secondary N) is 1. The smallest absolute Gasteiger partial charge is 0.338 e. The van der Waals surface area contributed by atoms with Crippen LogP contribution in [-0.2, 0) is 30.3 Å². The number of fused-ring (bicyclic) bond motifs is 7. The molecule has 1 aliphatic heterocycles. The number of carbonyl (C=O) groups is 3. The number of amides is 1. The Labute approximate surface area is 268 Å². The van der Waals surface area contributed by atoms with Gasteiger partial charge in [0.2, 0.25) is 11.7 Å². The average Bonchev–Trinajstić information content (AvgIpc) is 3.49. The van der Waals surface area contributed by atoms with Crippen molar-refractivity contribution in [1.82, 2.24) is 5.32 Å². The fraction of sp³-hybridized carbons (Fsp3) is 0.583. The Morgan fingerprint density at radius 3 is 2.54 bits per heavy atom. The van der Waals surface area contributed by atoms with Crippen LogP contribution >= 0.6 is 0 Å². The Balaban J connectivity index is 1.29. The Bertz CT molecular complexity index is 1510. The van der Waals surface area contributed by atoms with Gasteiger partial charge in [0.15, 0.2) is 24.2 Å². The van der Waals surface area contributed by atoms with Crippen LogP contribution in [0, 0.1) is 22.7 Å². The maximum Gasteiger partial charge on any atom is 0.338 e. The molecule has 1 heterocycles. The molecule has 10 heteroatoms. The summed E-state index contributed by atoms with van der Waals surface area (Å²) in [5, 5.41) is 14.5. The fourth-order valence-corrected chi connectivity index (χ4v) is 9.26. The third kappa shape index (κ3) is 4.65. The molecule has 1 aromatic rings. The van der Waals surface area contributed by atoms with Crippen LogP contribution in [0.5, 0.6) is 0 Å². The number of ketones is 1.